The zero-order valence-electron chi connectivity index (χ0n) is 16.9. The highest BCUT2D eigenvalue weighted by Gasteiger charge is 2.34. The lowest BCUT2D eigenvalue weighted by atomic mass is 10.0. The average Bonchev–Trinajstić information content (AvgIpc) is 3.15. The number of ether oxygens (including phenoxy) is 1. The molecule has 2 aromatic carbocycles. The summed E-state index contributed by atoms with van der Waals surface area (Å²) in [6.45, 7) is 2.86. The minimum Gasteiger partial charge on any atom is -0.496 e. The Balaban J connectivity index is 0.000000806. The van der Waals surface area contributed by atoms with Gasteiger partial charge in [-0.25, -0.2) is 9.67 Å². The fraction of sp³-hybridized carbons (Fsp3) is 0.273. The van der Waals surface area contributed by atoms with Gasteiger partial charge in [-0.05, 0) is 24.6 Å². The van der Waals surface area contributed by atoms with Crippen LogP contribution in [-0.2, 0) is 17.8 Å². The van der Waals surface area contributed by atoms with Crippen LogP contribution in [0.5, 0.6) is 5.75 Å². The van der Waals surface area contributed by atoms with Crippen molar-refractivity contribution in [3.05, 3.63) is 77.4 Å². The highest BCUT2D eigenvalue weighted by Crippen LogP contribution is 2.31. The molecule has 0 spiro atoms. The number of fused-ring (bicyclic) bond motifs is 1. The van der Waals surface area contributed by atoms with Crippen LogP contribution in [0.25, 0.3) is 0 Å². The molecule has 1 atom stereocenters. The van der Waals surface area contributed by atoms with Crippen LogP contribution in [0.15, 0.2) is 54.6 Å². The second-order valence-corrected chi connectivity index (χ2v) is 6.75. The van der Waals surface area contributed by atoms with Crippen molar-refractivity contribution in [2.75, 3.05) is 13.7 Å². The van der Waals surface area contributed by atoms with Gasteiger partial charge in [0.15, 0.2) is 0 Å². The van der Waals surface area contributed by atoms with Gasteiger partial charge >= 0.3 is 0 Å². The molecule has 0 radical (unpaired) electrons. The van der Waals surface area contributed by atoms with Crippen LogP contribution in [-0.4, -0.2) is 50.8 Å². The molecule has 4 rings (SSSR count). The smallest absolute Gasteiger partial charge is 0.290 e. The van der Waals surface area contributed by atoms with Crippen molar-refractivity contribution in [1.29, 1.82) is 0 Å². The SMILES string of the molecule is COc1ccccc1C(=O)N1CCn2nc(C)nc2[C@@H]1Cc1ccccc1.O=CO. The molecule has 0 saturated heterocycles. The van der Waals surface area contributed by atoms with E-state index in [1.165, 1.54) is 0 Å². The Kier molecular flexibility index (Phi) is 6.79. The van der Waals surface area contributed by atoms with E-state index in [9.17, 15) is 4.79 Å². The van der Waals surface area contributed by atoms with Gasteiger partial charge in [0.1, 0.15) is 17.4 Å². The maximum atomic E-state index is 13.4. The minimum atomic E-state index is -0.250. The monoisotopic (exact) mass is 408 g/mol. The van der Waals surface area contributed by atoms with Gasteiger partial charge in [-0.15, -0.1) is 0 Å². The molecule has 3 aromatic rings. The quantitative estimate of drug-likeness (QED) is 0.667. The number of aromatic nitrogens is 3. The van der Waals surface area contributed by atoms with Crippen LogP contribution in [0.1, 0.15) is 33.6 Å². The van der Waals surface area contributed by atoms with Gasteiger partial charge < -0.3 is 14.7 Å². The molecule has 8 heteroatoms. The first kappa shape index (κ1) is 21.0. The molecule has 0 bridgehead atoms. The van der Waals surface area contributed by atoms with Gasteiger partial charge in [0, 0.05) is 13.0 Å². The Bertz CT molecular complexity index is 1000. The molecule has 0 unspecified atom stereocenters. The summed E-state index contributed by atoms with van der Waals surface area (Å²) in [6.07, 6.45) is 0.694. The van der Waals surface area contributed by atoms with Gasteiger partial charge in [-0.3, -0.25) is 9.59 Å². The molecule has 2 heterocycles. The van der Waals surface area contributed by atoms with E-state index in [-0.39, 0.29) is 18.4 Å². The topological polar surface area (TPSA) is 97.5 Å². The first-order chi connectivity index (χ1) is 14.6. The van der Waals surface area contributed by atoms with Gasteiger partial charge in [-0.1, -0.05) is 42.5 Å². The van der Waals surface area contributed by atoms with Crippen molar-refractivity contribution in [3.8, 4) is 5.75 Å². The van der Waals surface area contributed by atoms with E-state index in [0.29, 0.717) is 30.8 Å². The average molecular weight is 408 g/mol. The van der Waals surface area contributed by atoms with Crippen molar-refractivity contribution in [3.63, 3.8) is 0 Å². The summed E-state index contributed by atoms with van der Waals surface area (Å²) < 4.78 is 7.33. The van der Waals surface area contributed by atoms with E-state index in [4.69, 9.17) is 14.6 Å². The molecule has 30 heavy (non-hydrogen) atoms. The maximum Gasteiger partial charge on any atom is 0.290 e. The fourth-order valence-corrected chi connectivity index (χ4v) is 3.64. The first-order valence-electron chi connectivity index (χ1n) is 9.56. The summed E-state index contributed by atoms with van der Waals surface area (Å²) in [5, 5.41) is 11.4. The van der Waals surface area contributed by atoms with Crippen LogP contribution in [0.4, 0.5) is 0 Å². The number of nitrogens with zero attached hydrogens (tertiary/aromatic N) is 4. The number of carboxylic acid groups (broad SMARTS) is 1. The summed E-state index contributed by atoms with van der Waals surface area (Å²) >= 11 is 0. The summed E-state index contributed by atoms with van der Waals surface area (Å²) in [4.78, 5) is 28.3. The third-order valence-corrected chi connectivity index (χ3v) is 4.90. The van der Waals surface area contributed by atoms with E-state index in [1.807, 2.05) is 59.0 Å². The standard InChI is InChI=1S/C21H22N4O2.CH2O2/c1-15-22-20-18(14-16-8-4-3-5-9-16)24(12-13-25(20)23-15)21(26)17-10-6-7-11-19(17)27-2;2-1-3/h3-11,18H,12-14H2,1-2H3;1H,(H,2,3)/t18-;/m0./s1. The van der Waals surface area contributed by atoms with E-state index in [0.717, 1.165) is 17.2 Å². The van der Waals surface area contributed by atoms with E-state index in [2.05, 4.69) is 22.2 Å². The number of carbonyl (C=O) groups is 2. The number of rotatable bonds is 4. The molecule has 0 aliphatic carbocycles. The molecular formula is C22H24N4O4. The van der Waals surface area contributed by atoms with Gasteiger partial charge in [0.05, 0.1) is 25.3 Å². The largest absolute Gasteiger partial charge is 0.496 e. The number of hydrogen-bond donors (Lipinski definition) is 1. The molecule has 1 aliphatic heterocycles. The summed E-state index contributed by atoms with van der Waals surface area (Å²) in [5.74, 6) is 2.12. The number of amides is 1. The van der Waals surface area contributed by atoms with Gasteiger partial charge in [0.2, 0.25) is 0 Å². The third kappa shape index (κ3) is 4.48. The predicted octanol–water partition coefficient (Wildman–Crippen LogP) is 2.74. The predicted molar refractivity (Wildman–Crippen MR) is 110 cm³/mol. The molecule has 0 saturated carbocycles. The zero-order chi connectivity index (χ0) is 21.5. The van der Waals surface area contributed by atoms with Crippen LogP contribution in [0, 0.1) is 6.92 Å². The molecule has 0 fully saturated rings. The Hall–Kier alpha value is -3.68. The van der Waals surface area contributed by atoms with Crippen LogP contribution in [0.2, 0.25) is 0 Å². The van der Waals surface area contributed by atoms with Crippen LogP contribution in [0.3, 0.4) is 0 Å². The number of carbonyl (C=O) groups excluding carboxylic acids is 1. The van der Waals surface area contributed by atoms with Crippen molar-refractivity contribution in [2.45, 2.75) is 25.9 Å². The van der Waals surface area contributed by atoms with E-state index in [1.54, 1.807) is 7.11 Å². The van der Waals surface area contributed by atoms with Crippen LogP contribution >= 0.6 is 0 Å². The molecule has 1 N–H and O–H groups in total. The molecule has 1 amide bonds. The lowest BCUT2D eigenvalue weighted by Crippen LogP contribution is -2.43. The summed E-state index contributed by atoms with van der Waals surface area (Å²) in [5.41, 5.74) is 1.73. The number of aryl methyl sites for hydroxylation is 1. The van der Waals surface area contributed by atoms with Crippen molar-refractivity contribution in [2.24, 2.45) is 0 Å². The lowest BCUT2D eigenvalue weighted by molar-refractivity contribution is -0.122. The third-order valence-electron chi connectivity index (χ3n) is 4.90. The number of benzene rings is 2. The molecule has 8 nitrogen and oxygen atoms in total. The Labute approximate surface area is 174 Å². The molecular weight excluding hydrogens is 384 g/mol. The van der Waals surface area contributed by atoms with Crippen molar-refractivity contribution >= 4 is 12.4 Å². The Morgan fingerprint density at radius 3 is 2.53 bits per heavy atom. The number of hydrogen-bond acceptors (Lipinski definition) is 5. The molecule has 1 aromatic heterocycles. The first-order valence-corrected chi connectivity index (χ1v) is 9.56. The number of methoxy groups -OCH3 is 1. The second kappa shape index (κ2) is 9.69. The summed E-state index contributed by atoms with van der Waals surface area (Å²) in [7, 11) is 1.59. The Morgan fingerprint density at radius 1 is 1.17 bits per heavy atom. The normalized spacial score (nSPS) is 14.9. The number of para-hydroxylation sites is 1. The molecule has 1 aliphatic rings. The fourth-order valence-electron chi connectivity index (χ4n) is 3.64. The molecule has 156 valence electrons. The minimum absolute atomic E-state index is 0.0414. The second-order valence-electron chi connectivity index (χ2n) is 6.75. The van der Waals surface area contributed by atoms with E-state index < -0.39 is 0 Å². The van der Waals surface area contributed by atoms with Gasteiger partial charge in [0.25, 0.3) is 12.4 Å². The Morgan fingerprint density at radius 2 is 1.83 bits per heavy atom. The van der Waals surface area contributed by atoms with Crippen molar-refractivity contribution in [1.82, 2.24) is 19.7 Å². The van der Waals surface area contributed by atoms with Crippen LogP contribution < -0.4 is 4.74 Å². The zero-order valence-corrected chi connectivity index (χ0v) is 16.9. The van der Waals surface area contributed by atoms with Crippen molar-refractivity contribution < 1.29 is 19.4 Å². The van der Waals surface area contributed by atoms with Gasteiger partial charge in [-0.2, -0.15) is 5.10 Å². The summed E-state index contributed by atoms with van der Waals surface area (Å²) in [6, 6.07) is 17.4. The highest BCUT2D eigenvalue weighted by molar-refractivity contribution is 5.97. The maximum absolute atomic E-state index is 13.4. The van der Waals surface area contributed by atoms with E-state index >= 15 is 0 Å². The lowest BCUT2D eigenvalue weighted by Gasteiger charge is -2.35. The highest BCUT2D eigenvalue weighted by atomic mass is 16.5.